The Kier molecular flexibility index (Phi) is 4.40. The molecule has 0 radical (unpaired) electrons. The van der Waals surface area contributed by atoms with E-state index in [0.717, 1.165) is 17.9 Å². The second-order valence-corrected chi connectivity index (χ2v) is 6.92. The van der Waals surface area contributed by atoms with Crippen molar-refractivity contribution in [1.29, 1.82) is 0 Å². The van der Waals surface area contributed by atoms with Crippen LogP contribution in [-0.4, -0.2) is 18.7 Å². The summed E-state index contributed by atoms with van der Waals surface area (Å²) in [6.07, 6.45) is 1.10. The van der Waals surface area contributed by atoms with Crippen LogP contribution in [0.2, 0.25) is 0 Å². The largest absolute Gasteiger partial charge is 0.495 e. The number of ether oxygens (including phenoxy) is 1. The first-order valence-corrected chi connectivity index (χ1v) is 8.09. The normalized spacial score (nSPS) is 28.0. The predicted octanol–water partition coefficient (Wildman–Crippen LogP) is 4.85. The van der Waals surface area contributed by atoms with Crippen LogP contribution in [0.5, 0.6) is 5.75 Å². The summed E-state index contributed by atoms with van der Waals surface area (Å²) in [5.74, 6) is 2.03. The molecule has 3 atom stereocenters. The summed E-state index contributed by atoms with van der Waals surface area (Å²) < 4.78 is 5.65. The third-order valence-electron chi connectivity index (χ3n) is 5.20. The molecular formula is C18H30N2O. The summed E-state index contributed by atoms with van der Waals surface area (Å²) >= 11 is 0. The molecule has 0 aliphatic carbocycles. The maximum absolute atomic E-state index is 5.65. The molecule has 3 unspecified atom stereocenters. The molecule has 3 nitrogen and oxygen atoms in total. The zero-order valence-electron chi connectivity index (χ0n) is 14.5. The number of methoxy groups -OCH3 is 1. The summed E-state index contributed by atoms with van der Waals surface area (Å²) in [6, 6.07) is 4.80. The number of hydrogen-bond acceptors (Lipinski definition) is 3. The topological polar surface area (TPSA) is 33.3 Å². The average molecular weight is 290 g/mol. The summed E-state index contributed by atoms with van der Waals surface area (Å²) in [5.41, 5.74) is 3.78. The highest BCUT2D eigenvalue weighted by atomic mass is 16.5. The lowest BCUT2D eigenvalue weighted by atomic mass is 9.70. The van der Waals surface area contributed by atoms with Crippen molar-refractivity contribution in [2.24, 2.45) is 5.92 Å². The van der Waals surface area contributed by atoms with Crippen molar-refractivity contribution < 1.29 is 4.74 Å². The summed E-state index contributed by atoms with van der Waals surface area (Å²) in [6.45, 7) is 13.6. The highest BCUT2D eigenvalue weighted by Crippen LogP contribution is 2.49. The van der Waals surface area contributed by atoms with Gasteiger partial charge in [-0.1, -0.05) is 20.8 Å². The minimum absolute atomic E-state index is 0.118. The second kappa shape index (κ2) is 5.78. The van der Waals surface area contributed by atoms with Gasteiger partial charge in [0.2, 0.25) is 0 Å². The molecule has 1 heterocycles. The molecule has 0 saturated carbocycles. The van der Waals surface area contributed by atoms with Crippen molar-refractivity contribution in [2.75, 3.05) is 17.7 Å². The lowest BCUT2D eigenvalue weighted by Crippen LogP contribution is -2.46. The molecule has 0 spiro atoms. The zero-order chi connectivity index (χ0) is 15.8. The van der Waals surface area contributed by atoms with Gasteiger partial charge < -0.3 is 15.4 Å². The van der Waals surface area contributed by atoms with Crippen molar-refractivity contribution in [3.05, 3.63) is 17.7 Å². The van der Waals surface area contributed by atoms with E-state index in [4.69, 9.17) is 4.74 Å². The van der Waals surface area contributed by atoms with Crippen LogP contribution in [0, 0.1) is 5.92 Å². The van der Waals surface area contributed by atoms with Gasteiger partial charge in [-0.2, -0.15) is 0 Å². The molecule has 1 aromatic rings. The number of nitrogens with one attached hydrogen (secondary N) is 2. The van der Waals surface area contributed by atoms with Crippen LogP contribution >= 0.6 is 0 Å². The standard InChI is InChI=1S/C18H30N2O/c1-8-18(6)13(5)12(4)15-9-14(19-11(2)3)10-16(21-7)17(15)20-18/h9-13,19-20H,8H2,1-7H3. The minimum atomic E-state index is 0.118. The number of anilines is 2. The van der Waals surface area contributed by atoms with E-state index in [-0.39, 0.29) is 5.54 Å². The molecule has 0 fully saturated rings. The van der Waals surface area contributed by atoms with Crippen LogP contribution in [0.25, 0.3) is 0 Å². The van der Waals surface area contributed by atoms with Crippen LogP contribution in [0.15, 0.2) is 12.1 Å². The molecule has 1 aromatic carbocycles. The molecule has 21 heavy (non-hydrogen) atoms. The first-order chi connectivity index (χ1) is 9.82. The molecule has 0 amide bonds. The Morgan fingerprint density at radius 2 is 2.00 bits per heavy atom. The molecule has 2 rings (SSSR count). The summed E-state index contributed by atoms with van der Waals surface area (Å²) in [4.78, 5) is 0. The van der Waals surface area contributed by atoms with E-state index in [2.05, 4.69) is 64.3 Å². The average Bonchev–Trinajstić information content (AvgIpc) is 2.44. The van der Waals surface area contributed by atoms with E-state index in [1.165, 1.54) is 11.3 Å². The van der Waals surface area contributed by atoms with Gasteiger partial charge in [-0.25, -0.2) is 0 Å². The van der Waals surface area contributed by atoms with Crippen molar-refractivity contribution in [3.63, 3.8) is 0 Å². The maximum atomic E-state index is 5.65. The van der Waals surface area contributed by atoms with E-state index >= 15 is 0 Å². The van der Waals surface area contributed by atoms with Gasteiger partial charge in [0.1, 0.15) is 5.75 Å². The van der Waals surface area contributed by atoms with Crippen LogP contribution in [0.3, 0.4) is 0 Å². The highest BCUT2D eigenvalue weighted by molar-refractivity contribution is 5.72. The van der Waals surface area contributed by atoms with Gasteiger partial charge in [0, 0.05) is 23.3 Å². The Morgan fingerprint density at radius 3 is 2.52 bits per heavy atom. The second-order valence-electron chi connectivity index (χ2n) is 6.92. The molecule has 1 aliphatic rings. The SMILES string of the molecule is CCC1(C)Nc2c(OC)cc(NC(C)C)cc2C(C)C1C. The fourth-order valence-electron chi connectivity index (χ4n) is 3.34. The van der Waals surface area contributed by atoms with Gasteiger partial charge in [-0.3, -0.25) is 0 Å². The van der Waals surface area contributed by atoms with E-state index in [1.54, 1.807) is 7.11 Å². The number of rotatable bonds is 4. The van der Waals surface area contributed by atoms with Crippen LogP contribution in [0.4, 0.5) is 11.4 Å². The zero-order valence-corrected chi connectivity index (χ0v) is 14.5. The van der Waals surface area contributed by atoms with Gasteiger partial charge in [0.05, 0.1) is 12.8 Å². The first-order valence-electron chi connectivity index (χ1n) is 8.09. The van der Waals surface area contributed by atoms with Gasteiger partial charge in [-0.05, 0) is 50.7 Å². The maximum Gasteiger partial charge on any atom is 0.144 e. The molecule has 0 saturated heterocycles. The van der Waals surface area contributed by atoms with Crippen LogP contribution in [-0.2, 0) is 0 Å². The van der Waals surface area contributed by atoms with Crippen molar-refractivity contribution in [2.45, 2.75) is 65.5 Å². The van der Waals surface area contributed by atoms with E-state index in [0.29, 0.717) is 17.9 Å². The lowest BCUT2D eigenvalue weighted by molar-refractivity contribution is 0.281. The van der Waals surface area contributed by atoms with Crippen molar-refractivity contribution >= 4 is 11.4 Å². The van der Waals surface area contributed by atoms with Gasteiger partial charge in [0.15, 0.2) is 0 Å². The minimum Gasteiger partial charge on any atom is -0.495 e. The fraction of sp³-hybridized carbons (Fsp3) is 0.667. The van der Waals surface area contributed by atoms with Gasteiger partial charge >= 0.3 is 0 Å². The number of benzene rings is 1. The molecule has 3 heteroatoms. The summed E-state index contributed by atoms with van der Waals surface area (Å²) in [5, 5.41) is 7.24. The molecule has 0 bridgehead atoms. The Bertz CT molecular complexity index is 512. The van der Waals surface area contributed by atoms with Gasteiger partial charge in [-0.15, -0.1) is 0 Å². The molecule has 2 N–H and O–H groups in total. The summed E-state index contributed by atoms with van der Waals surface area (Å²) in [7, 11) is 1.75. The first kappa shape index (κ1) is 16.0. The molecule has 0 aromatic heterocycles. The molecular weight excluding hydrogens is 260 g/mol. The Balaban J connectivity index is 2.52. The molecule has 1 aliphatic heterocycles. The Hall–Kier alpha value is -1.38. The van der Waals surface area contributed by atoms with Crippen LogP contribution < -0.4 is 15.4 Å². The monoisotopic (exact) mass is 290 g/mol. The van der Waals surface area contributed by atoms with Gasteiger partial charge in [0.25, 0.3) is 0 Å². The van der Waals surface area contributed by atoms with Crippen molar-refractivity contribution in [3.8, 4) is 5.75 Å². The van der Waals surface area contributed by atoms with Crippen molar-refractivity contribution in [1.82, 2.24) is 0 Å². The quantitative estimate of drug-likeness (QED) is 0.831. The van der Waals surface area contributed by atoms with Crippen LogP contribution in [0.1, 0.15) is 59.4 Å². The number of hydrogen-bond donors (Lipinski definition) is 2. The lowest BCUT2D eigenvalue weighted by Gasteiger charge is -2.46. The molecule has 118 valence electrons. The van der Waals surface area contributed by atoms with E-state index < -0.39 is 0 Å². The number of fused-ring (bicyclic) bond motifs is 1. The highest BCUT2D eigenvalue weighted by Gasteiger charge is 2.40. The third-order valence-corrected chi connectivity index (χ3v) is 5.20. The third kappa shape index (κ3) is 2.83. The van der Waals surface area contributed by atoms with E-state index in [1.807, 2.05) is 0 Å². The smallest absolute Gasteiger partial charge is 0.144 e. The Labute approximate surface area is 129 Å². The fourth-order valence-corrected chi connectivity index (χ4v) is 3.34. The Morgan fingerprint density at radius 1 is 1.33 bits per heavy atom. The predicted molar refractivity (Wildman–Crippen MR) is 91.7 cm³/mol. The van der Waals surface area contributed by atoms with E-state index in [9.17, 15) is 0 Å².